The first kappa shape index (κ1) is 16.8. The van der Waals surface area contributed by atoms with E-state index in [4.69, 9.17) is 5.11 Å². The Morgan fingerprint density at radius 1 is 1.40 bits per heavy atom. The highest BCUT2D eigenvalue weighted by atomic mass is 16.4. The van der Waals surface area contributed by atoms with E-state index in [9.17, 15) is 9.59 Å². The molecule has 0 spiro atoms. The van der Waals surface area contributed by atoms with Crippen molar-refractivity contribution in [2.24, 2.45) is 5.92 Å². The fourth-order valence-corrected chi connectivity index (χ4v) is 2.53. The third-order valence-corrected chi connectivity index (χ3v) is 4.24. The maximum Gasteiger partial charge on any atom is 0.315 e. The third kappa shape index (κ3) is 5.00. The monoisotopic (exact) mass is 285 g/mol. The van der Waals surface area contributed by atoms with E-state index in [1.54, 1.807) is 0 Å². The smallest absolute Gasteiger partial charge is 0.315 e. The Bertz CT molecular complexity index is 336. The number of carboxylic acids is 1. The second-order valence-electron chi connectivity index (χ2n) is 5.62. The van der Waals surface area contributed by atoms with Crippen molar-refractivity contribution in [2.75, 3.05) is 20.1 Å². The molecule has 1 saturated carbocycles. The molecule has 1 aliphatic rings. The molecule has 1 rings (SSSR count). The van der Waals surface area contributed by atoms with Gasteiger partial charge >= 0.3 is 12.0 Å². The van der Waals surface area contributed by atoms with Gasteiger partial charge < -0.3 is 20.6 Å². The molecule has 0 aromatic heterocycles. The van der Waals surface area contributed by atoms with E-state index in [0.29, 0.717) is 19.0 Å². The fraction of sp³-hybridized carbons (Fsp3) is 0.857. The average Bonchev–Trinajstić information content (AvgIpc) is 2.85. The van der Waals surface area contributed by atoms with E-state index >= 15 is 0 Å². The Balaban J connectivity index is 2.25. The molecule has 3 unspecified atom stereocenters. The highest BCUT2D eigenvalue weighted by Crippen LogP contribution is 2.25. The molecule has 0 aliphatic heterocycles. The topological polar surface area (TPSA) is 81.7 Å². The molecular formula is C14H27N3O3. The second kappa shape index (κ2) is 8.09. The number of urea groups is 1. The van der Waals surface area contributed by atoms with Gasteiger partial charge in [0.1, 0.15) is 0 Å². The SMILES string of the molecule is CCC(C)N(C)CCNC(=O)NC1CCCC1C(=O)O. The van der Waals surface area contributed by atoms with E-state index in [-0.39, 0.29) is 12.1 Å². The van der Waals surface area contributed by atoms with Gasteiger partial charge in [-0.25, -0.2) is 4.79 Å². The number of amides is 2. The normalized spacial score (nSPS) is 23.6. The molecule has 0 heterocycles. The molecule has 1 aliphatic carbocycles. The Labute approximate surface area is 120 Å². The molecule has 1 fully saturated rings. The molecule has 0 saturated heterocycles. The van der Waals surface area contributed by atoms with Gasteiger partial charge in [-0.3, -0.25) is 4.79 Å². The fourth-order valence-electron chi connectivity index (χ4n) is 2.53. The predicted molar refractivity (Wildman–Crippen MR) is 77.7 cm³/mol. The van der Waals surface area contributed by atoms with E-state index in [1.807, 2.05) is 7.05 Å². The van der Waals surface area contributed by atoms with Gasteiger partial charge in [0.15, 0.2) is 0 Å². The van der Waals surface area contributed by atoms with Crippen molar-refractivity contribution in [3.8, 4) is 0 Å². The van der Waals surface area contributed by atoms with Crippen molar-refractivity contribution in [1.29, 1.82) is 0 Å². The number of nitrogens with one attached hydrogen (secondary N) is 2. The van der Waals surface area contributed by atoms with Gasteiger partial charge in [-0.2, -0.15) is 0 Å². The number of rotatable bonds is 7. The van der Waals surface area contributed by atoms with Crippen LogP contribution in [0.4, 0.5) is 4.79 Å². The van der Waals surface area contributed by atoms with Crippen LogP contribution in [0.15, 0.2) is 0 Å². The summed E-state index contributed by atoms with van der Waals surface area (Å²) in [6, 6.07) is -0.00780. The number of nitrogens with zero attached hydrogens (tertiary/aromatic N) is 1. The van der Waals surface area contributed by atoms with Crippen LogP contribution in [0.2, 0.25) is 0 Å². The van der Waals surface area contributed by atoms with E-state index in [1.165, 1.54) is 0 Å². The Morgan fingerprint density at radius 3 is 2.70 bits per heavy atom. The number of aliphatic carboxylic acids is 1. The minimum absolute atomic E-state index is 0.236. The molecule has 3 N–H and O–H groups in total. The Kier molecular flexibility index (Phi) is 6.78. The van der Waals surface area contributed by atoms with Crippen LogP contribution in [-0.2, 0) is 4.79 Å². The Morgan fingerprint density at radius 2 is 2.10 bits per heavy atom. The summed E-state index contributed by atoms with van der Waals surface area (Å²) < 4.78 is 0. The van der Waals surface area contributed by atoms with Gasteiger partial charge in [-0.1, -0.05) is 13.3 Å². The highest BCUT2D eigenvalue weighted by molar-refractivity contribution is 5.77. The lowest BCUT2D eigenvalue weighted by atomic mass is 10.0. The van der Waals surface area contributed by atoms with Crippen LogP contribution in [0.25, 0.3) is 0 Å². The van der Waals surface area contributed by atoms with Crippen molar-refractivity contribution in [1.82, 2.24) is 15.5 Å². The zero-order valence-corrected chi connectivity index (χ0v) is 12.7. The molecule has 0 aromatic carbocycles. The van der Waals surface area contributed by atoms with Crippen molar-refractivity contribution in [3.05, 3.63) is 0 Å². The van der Waals surface area contributed by atoms with Crippen molar-refractivity contribution < 1.29 is 14.7 Å². The van der Waals surface area contributed by atoms with Gasteiger partial charge in [0.2, 0.25) is 0 Å². The minimum atomic E-state index is -0.815. The molecule has 20 heavy (non-hydrogen) atoms. The number of carbonyl (C=O) groups excluding carboxylic acids is 1. The van der Waals surface area contributed by atoms with Gasteiger partial charge in [-0.15, -0.1) is 0 Å². The highest BCUT2D eigenvalue weighted by Gasteiger charge is 2.33. The summed E-state index contributed by atoms with van der Waals surface area (Å²) in [5, 5.41) is 14.6. The number of hydrogen-bond acceptors (Lipinski definition) is 3. The van der Waals surface area contributed by atoms with Crippen LogP contribution < -0.4 is 10.6 Å². The zero-order chi connectivity index (χ0) is 15.1. The number of carboxylic acid groups (broad SMARTS) is 1. The molecule has 6 nitrogen and oxygen atoms in total. The van der Waals surface area contributed by atoms with E-state index in [2.05, 4.69) is 29.4 Å². The summed E-state index contributed by atoms with van der Waals surface area (Å²) >= 11 is 0. The Hall–Kier alpha value is -1.30. The zero-order valence-electron chi connectivity index (χ0n) is 12.7. The molecular weight excluding hydrogens is 258 g/mol. The van der Waals surface area contributed by atoms with Crippen LogP contribution in [0.5, 0.6) is 0 Å². The van der Waals surface area contributed by atoms with E-state index < -0.39 is 11.9 Å². The second-order valence-corrected chi connectivity index (χ2v) is 5.62. The summed E-state index contributed by atoms with van der Waals surface area (Å²) in [6.45, 7) is 5.63. The van der Waals surface area contributed by atoms with Gasteiger partial charge in [0.25, 0.3) is 0 Å². The molecule has 0 bridgehead atoms. The van der Waals surface area contributed by atoms with Crippen LogP contribution in [0, 0.1) is 5.92 Å². The van der Waals surface area contributed by atoms with Crippen LogP contribution >= 0.6 is 0 Å². The van der Waals surface area contributed by atoms with Crippen molar-refractivity contribution in [3.63, 3.8) is 0 Å². The van der Waals surface area contributed by atoms with Crippen LogP contribution in [0.1, 0.15) is 39.5 Å². The summed E-state index contributed by atoms with van der Waals surface area (Å²) in [7, 11) is 2.03. The standard InChI is InChI=1S/C14H27N3O3/c1-4-10(2)17(3)9-8-15-14(20)16-12-7-5-6-11(12)13(18)19/h10-12H,4-9H2,1-3H3,(H,18,19)(H2,15,16,20). The minimum Gasteiger partial charge on any atom is -0.481 e. The lowest BCUT2D eigenvalue weighted by Crippen LogP contribution is -2.47. The van der Waals surface area contributed by atoms with E-state index in [0.717, 1.165) is 25.8 Å². The molecule has 116 valence electrons. The number of hydrogen-bond donors (Lipinski definition) is 3. The lowest BCUT2D eigenvalue weighted by Gasteiger charge is -2.24. The first-order chi connectivity index (χ1) is 9.45. The third-order valence-electron chi connectivity index (χ3n) is 4.24. The van der Waals surface area contributed by atoms with Crippen LogP contribution in [0.3, 0.4) is 0 Å². The van der Waals surface area contributed by atoms with Gasteiger partial charge in [0.05, 0.1) is 5.92 Å². The largest absolute Gasteiger partial charge is 0.481 e. The maximum atomic E-state index is 11.8. The maximum absolute atomic E-state index is 11.8. The average molecular weight is 285 g/mol. The van der Waals surface area contributed by atoms with Gasteiger partial charge in [0, 0.05) is 25.2 Å². The first-order valence-electron chi connectivity index (χ1n) is 7.43. The summed E-state index contributed by atoms with van der Waals surface area (Å²) in [4.78, 5) is 25.0. The van der Waals surface area contributed by atoms with Crippen molar-refractivity contribution in [2.45, 2.75) is 51.6 Å². The van der Waals surface area contributed by atoms with Gasteiger partial charge in [-0.05, 0) is 33.2 Å². The predicted octanol–water partition coefficient (Wildman–Crippen LogP) is 1.27. The quantitative estimate of drug-likeness (QED) is 0.658. The molecule has 2 amide bonds. The first-order valence-corrected chi connectivity index (χ1v) is 7.43. The number of carbonyl (C=O) groups is 2. The summed E-state index contributed by atoms with van der Waals surface area (Å²) in [6.07, 6.45) is 3.33. The number of likely N-dealkylation sites (N-methyl/N-ethyl adjacent to an activating group) is 1. The molecule has 6 heteroatoms. The molecule has 0 radical (unpaired) electrons. The summed E-state index contributed by atoms with van der Waals surface area (Å²) in [5.74, 6) is -1.26. The molecule has 0 aromatic rings. The van der Waals surface area contributed by atoms with Crippen molar-refractivity contribution >= 4 is 12.0 Å². The van der Waals surface area contributed by atoms with Crippen LogP contribution in [-0.4, -0.2) is 54.2 Å². The lowest BCUT2D eigenvalue weighted by molar-refractivity contribution is -0.142. The summed E-state index contributed by atoms with van der Waals surface area (Å²) in [5.41, 5.74) is 0. The molecule has 3 atom stereocenters.